The molecule has 1 aromatic carbocycles. The summed E-state index contributed by atoms with van der Waals surface area (Å²) in [5, 5.41) is 0. The second-order valence-electron chi connectivity index (χ2n) is 3.63. The fourth-order valence-corrected chi connectivity index (χ4v) is 1.65. The van der Waals surface area contributed by atoms with E-state index in [1.807, 2.05) is 24.3 Å². The van der Waals surface area contributed by atoms with E-state index in [0.29, 0.717) is 6.54 Å². The number of fused-ring (bicyclic) bond motifs is 1. The molecule has 82 valence electrons. The van der Waals surface area contributed by atoms with Crippen molar-refractivity contribution >= 4 is 17.1 Å². The lowest BCUT2D eigenvalue weighted by molar-refractivity contribution is 0.561. The third-order valence-electron chi connectivity index (χ3n) is 2.44. The number of unbranched alkanes of at least 4 members (excludes halogenated alkanes) is 1. The Labute approximate surface area is 93.4 Å². The molecule has 0 aliphatic carbocycles. The van der Waals surface area contributed by atoms with Gasteiger partial charge in [-0.3, -0.25) is 0 Å². The summed E-state index contributed by atoms with van der Waals surface area (Å²) in [6.07, 6.45) is 4.30. The summed E-state index contributed by atoms with van der Waals surface area (Å²) in [6, 6.07) is 7.98. The monoisotopic (exact) mass is 215 g/mol. The van der Waals surface area contributed by atoms with Crippen LogP contribution in [0.2, 0.25) is 0 Å². The topological polar surface area (TPSA) is 58.1 Å². The Kier molecular flexibility index (Phi) is 3.46. The molecule has 0 fully saturated rings. The van der Waals surface area contributed by atoms with Gasteiger partial charge in [-0.1, -0.05) is 12.1 Å². The van der Waals surface area contributed by atoms with Crippen molar-refractivity contribution in [3.8, 4) is 0 Å². The first-order chi connectivity index (χ1) is 7.90. The molecule has 0 aliphatic rings. The van der Waals surface area contributed by atoms with Crippen molar-refractivity contribution in [1.82, 2.24) is 9.97 Å². The molecule has 0 saturated heterocycles. The Morgan fingerprint density at radius 1 is 1.31 bits per heavy atom. The van der Waals surface area contributed by atoms with E-state index in [1.54, 1.807) is 0 Å². The van der Waals surface area contributed by atoms with Gasteiger partial charge in [-0.05, 0) is 25.0 Å². The van der Waals surface area contributed by atoms with Crippen molar-refractivity contribution < 1.29 is 4.79 Å². The Balaban J connectivity index is 1.92. The van der Waals surface area contributed by atoms with E-state index < -0.39 is 0 Å². The Hall–Kier alpha value is -1.93. The maximum Gasteiger partial charge on any atom is 0.234 e. The lowest BCUT2D eigenvalue weighted by atomic mass is 10.2. The Morgan fingerprint density at radius 3 is 3.00 bits per heavy atom. The highest BCUT2D eigenvalue weighted by Crippen LogP contribution is 2.11. The lowest BCUT2D eigenvalue weighted by Crippen LogP contribution is -1.89. The molecule has 0 aliphatic heterocycles. The summed E-state index contributed by atoms with van der Waals surface area (Å²) in [6.45, 7) is 0.559. The molecule has 16 heavy (non-hydrogen) atoms. The summed E-state index contributed by atoms with van der Waals surface area (Å²) < 4.78 is 0. The molecule has 4 nitrogen and oxygen atoms in total. The van der Waals surface area contributed by atoms with Gasteiger partial charge >= 0.3 is 0 Å². The Morgan fingerprint density at radius 2 is 2.19 bits per heavy atom. The largest absolute Gasteiger partial charge is 0.342 e. The van der Waals surface area contributed by atoms with Crippen molar-refractivity contribution in [2.45, 2.75) is 19.3 Å². The van der Waals surface area contributed by atoms with E-state index in [2.05, 4.69) is 15.0 Å². The summed E-state index contributed by atoms with van der Waals surface area (Å²) in [4.78, 5) is 21.1. The number of aliphatic imine (C=N–C) groups is 1. The van der Waals surface area contributed by atoms with Gasteiger partial charge in [0.15, 0.2) is 0 Å². The standard InChI is InChI=1S/C12H13N3O/c16-9-13-8-4-3-7-12-14-10-5-1-2-6-11(10)15-12/h1-2,5-6H,3-4,7-8H2,(H,14,15). The molecule has 1 heterocycles. The van der Waals surface area contributed by atoms with Gasteiger partial charge in [-0.15, -0.1) is 0 Å². The molecule has 0 radical (unpaired) electrons. The number of hydrogen-bond donors (Lipinski definition) is 1. The Bertz CT molecular complexity index is 479. The van der Waals surface area contributed by atoms with Crippen molar-refractivity contribution in [2.24, 2.45) is 4.99 Å². The summed E-state index contributed by atoms with van der Waals surface area (Å²) in [5.41, 5.74) is 2.08. The second-order valence-corrected chi connectivity index (χ2v) is 3.63. The molecule has 0 bridgehead atoms. The molecule has 0 amide bonds. The van der Waals surface area contributed by atoms with Crippen LogP contribution in [0.5, 0.6) is 0 Å². The SMILES string of the molecule is O=C=NCCCCc1nc2ccccc2[nH]1. The van der Waals surface area contributed by atoms with E-state index in [0.717, 1.165) is 36.1 Å². The molecule has 0 unspecified atom stereocenters. The number of H-pyrrole nitrogens is 1. The molecule has 2 aromatic rings. The highest BCUT2D eigenvalue weighted by Gasteiger charge is 2.00. The smallest absolute Gasteiger partial charge is 0.234 e. The molecule has 0 saturated carbocycles. The zero-order valence-electron chi connectivity index (χ0n) is 8.94. The number of hydrogen-bond acceptors (Lipinski definition) is 3. The number of aromatic amines is 1. The molecule has 4 heteroatoms. The van der Waals surface area contributed by atoms with Crippen LogP contribution >= 0.6 is 0 Å². The molecular weight excluding hydrogens is 202 g/mol. The lowest BCUT2D eigenvalue weighted by Gasteiger charge is -1.93. The first-order valence-corrected chi connectivity index (χ1v) is 5.37. The number of nitrogens with zero attached hydrogens (tertiary/aromatic N) is 2. The third kappa shape index (κ3) is 2.55. The molecule has 2 rings (SSSR count). The zero-order chi connectivity index (χ0) is 11.2. The summed E-state index contributed by atoms with van der Waals surface area (Å²) in [7, 11) is 0. The molecule has 1 N–H and O–H groups in total. The number of aryl methyl sites for hydroxylation is 1. The van der Waals surface area contributed by atoms with Crippen LogP contribution in [0, 0.1) is 0 Å². The minimum absolute atomic E-state index is 0.559. The van der Waals surface area contributed by atoms with Gasteiger partial charge in [0.05, 0.1) is 17.6 Å². The van der Waals surface area contributed by atoms with E-state index in [9.17, 15) is 4.79 Å². The van der Waals surface area contributed by atoms with Gasteiger partial charge in [-0.2, -0.15) is 0 Å². The molecular formula is C12H13N3O. The predicted octanol–water partition coefficient (Wildman–Crippen LogP) is 2.22. The van der Waals surface area contributed by atoms with E-state index in [1.165, 1.54) is 6.08 Å². The summed E-state index contributed by atoms with van der Waals surface area (Å²) in [5.74, 6) is 0.997. The number of aromatic nitrogens is 2. The van der Waals surface area contributed by atoms with Gasteiger partial charge in [0.2, 0.25) is 6.08 Å². The van der Waals surface area contributed by atoms with Gasteiger partial charge in [0, 0.05) is 6.42 Å². The van der Waals surface area contributed by atoms with Crippen LogP contribution in [0.15, 0.2) is 29.3 Å². The number of rotatable bonds is 5. The second kappa shape index (κ2) is 5.24. The highest BCUT2D eigenvalue weighted by molar-refractivity contribution is 5.74. The number of benzene rings is 1. The van der Waals surface area contributed by atoms with Crippen LogP contribution in [0.1, 0.15) is 18.7 Å². The highest BCUT2D eigenvalue weighted by atomic mass is 16.1. The maximum atomic E-state index is 9.85. The zero-order valence-corrected chi connectivity index (χ0v) is 8.94. The predicted molar refractivity (Wildman–Crippen MR) is 62.0 cm³/mol. The van der Waals surface area contributed by atoms with Gasteiger partial charge in [-0.25, -0.2) is 14.8 Å². The molecule has 0 atom stereocenters. The minimum Gasteiger partial charge on any atom is -0.342 e. The van der Waals surface area contributed by atoms with E-state index in [-0.39, 0.29) is 0 Å². The molecule has 1 aromatic heterocycles. The first-order valence-electron chi connectivity index (χ1n) is 5.37. The molecule has 0 spiro atoms. The van der Waals surface area contributed by atoms with E-state index >= 15 is 0 Å². The van der Waals surface area contributed by atoms with Crippen molar-refractivity contribution in [3.05, 3.63) is 30.1 Å². The number of isocyanates is 1. The van der Waals surface area contributed by atoms with Gasteiger partial charge < -0.3 is 4.98 Å². The van der Waals surface area contributed by atoms with Crippen LogP contribution in [0.25, 0.3) is 11.0 Å². The number of imidazole rings is 1. The van der Waals surface area contributed by atoms with Crippen LogP contribution < -0.4 is 0 Å². The normalized spacial score (nSPS) is 10.2. The number of nitrogens with one attached hydrogen (secondary N) is 1. The van der Waals surface area contributed by atoms with Crippen LogP contribution in [0.4, 0.5) is 0 Å². The minimum atomic E-state index is 0.559. The number of carbonyl (C=O) groups excluding carboxylic acids is 1. The van der Waals surface area contributed by atoms with Crippen molar-refractivity contribution in [2.75, 3.05) is 6.54 Å². The fourth-order valence-electron chi connectivity index (χ4n) is 1.65. The first kappa shape index (κ1) is 10.6. The third-order valence-corrected chi connectivity index (χ3v) is 2.44. The van der Waals surface area contributed by atoms with Crippen LogP contribution in [0.3, 0.4) is 0 Å². The van der Waals surface area contributed by atoms with Gasteiger partial charge in [0.25, 0.3) is 0 Å². The van der Waals surface area contributed by atoms with Crippen molar-refractivity contribution in [1.29, 1.82) is 0 Å². The van der Waals surface area contributed by atoms with Crippen LogP contribution in [-0.2, 0) is 11.2 Å². The van der Waals surface area contributed by atoms with E-state index in [4.69, 9.17) is 0 Å². The fraction of sp³-hybridized carbons (Fsp3) is 0.333. The average molecular weight is 215 g/mol. The van der Waals surface area contributed by atoms with Gasteiger partial charge in [0.1, 0.15) is 5.82 Å². The number of para-hydroxylation sites is 2. The maximum absolute atomic E-state index is 9.85. The quantitative estimate of drug-likeness (QED) is 0.472. The van der Waals surface area contributed by atoms with Crippen LogP contribution in [-0.4, -0.2) is 22.6 Å². The average Bonchev–Trinajstić information content (AvgIpc) is 2.71. The van der Waals surface area contributed by atoms with Crippen molar-refractivity contribution in [3.63, 3.8) is 0 Å². The summed E-state index contributed by atoms with van der Waals surface area (Å²) >= 11 is 0.